The Balaban J connectivity index is 0.000000720. The lowest BCUT2D eigenvalue weighted by Gasteiger charge is -2.13. The van der Waals surface area contributed by atoms with Crippen molar-refractivity contribution < 1.29 is 0 Å². The summed E-state index contributed by atoms with van der Waals surface area (Å²) in [5.41, 5.74) is 8.15. The Labute approximate surface area is 78.4 Å². The van der Waals surface area contributed by atoms with Crippen molar-refractivity contribution in [3.8, 4) is 0 Å². The molecule has 4 heteroatoms. The van der Waals surface area contributed by atoms with E-state index in [1.165, 1.54) is 24.1 Å². The van der Waals surface area contributed by atoms with Gasteiger partial charge in [0.25, 0.3) is 0 Å². The highest BCUT2D eigenvalue weighted by Gasteiger charge is 2.12. The number of rotatable bonds is 1. The quantitative estimate of drug-likeness (QED) is 0.716. The van der Waals surface area contributed by atoms with E-state index < -0.39 is 0 Å². The van der Waals surface area contributed by atoms with Gasteiger partial charge in [0.2, 0.25) is 0 Å². The summed E-state index contributed by atoms with van der Waals surface area (Å²) in [6.07, 6.45) is 5.62. The average molecular weight is 188 g/mol. The van der Waals surface area contributed by atoms with Crippen LogP contribution in [0.2, 0.25) is 0 Å². The number of halogens is 1. The molecule has 0 radical (unpaired) electrons. The molecule has 0 fully saturated rings. The monoisotopic (exact) mass is 187 g/mol. The smallest absolute Gasteiger partial charge is 0.0537 e. The van der Waals surface area contributed by atoms with Gasteiger partial charge in [-0.2, -0.15) is 5.10 Å². The van der Waals surface area contributed by atoms with Crippen LogP contribution in [0.4, 0.5) is 0 Å². The third-order valence-corrected chi connectivity index (χ3v) is 2.29. The van der Waals surface area contributed by atoms with Crippen molar-refractivity contribution in [3.63, 3.8) is 0 Å². The molecule has 1 aliphatic rings. The average Bonchev–Trinajstić information content (AvgIpc) is 2.47. The van der Waals surface area contributed by atoms with Gasteiger partial charge < -0.3 is 5.73 Å². The van der Waals surface area contributed by atoms with Crippen LogP contribution in [0.5, 0.6) is 0 Å². The Hall–Kier alpha value is -0.540. The summed E-state index contributed by atoms with van der Waals surface area (Å²) in [5, 5.41) is 4.26. The van der Waals surface area contributed by atoms with Gasteiger partial charge in [0.1, 0.15) is 0 Å². The fourth-order valence-electron chi connectivity index (χ4n) is 1.66. The normalized spacial score (nSPS) is 15.1. The van der Waals surface area contributed by atoms with Crippen LogP contribution in [-0.2, 0) is 19.5 Å². The van der Waals surface area contributed by atoms with E-state index in [0.29, 0.717) is 6.54 Å². The van der Waals surface area contributed by atoms with Crippen LogP contribution in [0, 0.1) is 0 Å². The van der Waals surface area contributed by atoms with E-state index in [2.05, 4.69) is 9.78 Å². The van der Waals surface area contributed by atoms with Crippen LogP contribution >= 0.6 is 12.4 Å². The Morgan fingerprint density at radius 2 is 2.33 bits per heavy atom. The van der Waals surface area contributed by atoms with Crippen molar-refractivity contribution in [1.82, 2.24) is 9.78 Å². The second-order valence-corrected chi connectivity index (χ2v) is 3.00. The molecular weight excluding hydrogens is 174 g/mol. The molecule has 0 saturated heterocycles. The van der Waals surface area contributed by atoms with Gasteiger partial charge in [0, 0.05) is 24.3 Å². The first-order chi connectivity index (χ1) is 5.42. The Morgan fingerprint density at radius 3 is 3.08 bits per heavy atom. The molecule has 2 heterocycles. The van der Waals surface area contributed by atoms with E-state index >= 15 is 0 Å². The van der Waals surface area contributed by atoms with Gasteiger partial charge in [-0.3, -0.25) is 4.68 Å². The molecule has 2 N–H and O–H groups in total. The topological polar surface area (TPSA) is 43.8 Å². The molecule has 68 valence electrons. The molecule has 12 heavy (non-hydrogen) atoms. The van der Waals surface area contributed by atoms with Gasteiger partial charge in [-0.05, 0) is 19.3 Å². The first-order valence-corrected chi connectivity index (χ1v) is 4.15. The minimum atomic E-state index is 0. The van der Waals surface area contributed by atoms with Crippen molar-refractivity contribution in [2.45, 2.75) is 32.4 Å². The predicted molar refractivity (Wildman–Crippen MR) is 50.3 cm³/mol. The molecule has 2 rings (SSSR count). The fraction of sp³-hybridized carbons (Fsp3) is 0.625. The fourth-order valence-corrected chi connectivity index (χ4v) is 1.66. The molecule has 1 aromatic heterocycles. The molecule has 0 bridgehead atoms. The second kappa shape index (κ2) is 3.92. The summed E-state index contributed by atoms with van der Waals surface area (Å²) in [5.74, 6) is 0. The summed E-state index contributed by atoms with van der Waals surface area (Å²) in [6, 6.07) is 0. The van der Waals surface area contributed by atoms with Gasteiger partial charge >= 0.3 is 0 Å². The maximum absolute atomic E-state index is 5.57. The number of fused-ring (bicyclic) bond motifs is 1. The van der Waals surface area contributed by atoms with Gasteiger partial charge in [-0.15, -0.1) is 12.4 Å². The molecule has 0 atom stereocenters. The number of nitrogens with zero attached hydrogens (tertiary/aromatic N) is 2. The zero-order chi connectivity index (χ0) is 7.68. The molecule has 0 amide bonds. The van der Waals surface area contributed by atoms with Crippen LogP contribution < -0.4 is 5.73 Å². The molecular formula is C8H14ClN3. The molecule has 0 saturated carbocycles. The maximum atomic E-state index is 5.57. The minimum Gasteiger partial charge on any atom is -0.326 e. The maximum Gasteiger partial charge on any atom is 0.0537 e. The molecule has 1 aromatic rings. The number of nitrogens with two attached hydrogens (primary N) is 1. The molecule has 0 spiro atoms. The van der Waals surface area contributed by atoms with E-state index in [1.807, 2.05) is 6.20 Å². The van der Waals surface area contributed by atoms with E-state index in [4.69, 9.17) is 5.73 Å². The number of aryl methyl sites for hydroxylation is 1. The highest BCUT2D eigenvalue weighted by Crippen LogP contribution is 2.16. The van der Waals surface area contributed by atoms with E-state index in [1.54, 1.807) is 0 Å². The lowest BCUT2D eigenvalue weighted by Crippen LogP contribution is -2.12. The summed E-state index contributed by atoms with van der Waals surface area (Å²) < 4.78 is 2.09. The lowest BCUT2D eigenvalue weighted by molar-refractivity contribution is 0.484. The summed E-state index contributed by atoms with van der Waals surface area (Å²) in [4.78, 5) is 0. The van der Waals surface area contributed by atoms with Crippen LogP contribution in [0.3, 0.4) is 0 Å². The van der Waals surface area contributed by atoms with Crippen molar-refractivity contribution >= 4 is 12.4 Å². The molecule has 0 aliphatic carbocycles. The molecule has 1 aliphatic heterocycles. The van der Waals surface area contributed by atoms with Crippen molar-refractivity contribution in [3.05, 3.63) is 17.5 Å². The largest absolute Gasteiger partial charge is 0.326 e. The molecule has 0 aromatic carbocycles. The summed E-state index contributed by atoms with van der Waals surface area (Å²) in [6.45, 7) is 1.71. The molecule has 3 nitrogen and oxygen atoms in total. The van der Waals surface area contributed by atoms with Crippen LogP contribution in [0.25, 0.3) is 0 Å². The Kier molecular flexibility index (Phi) is 3.12. The number of hydrogen-bond acceptors (Lipinski definition) is 2. The van der Waals surface area contributed by atoms with E-state index in [-0.39, 0.29) is 12.4 Å². The highest BCUT2D eigenvalue weighted by atomic mass is 35.5. The van der Waals surface area contributed by atoms with Crippen molar-refractivity contribution in [2.24, 2.45) is 5.73 Å². The second-order valence-electron chi connectivity index (χ2n) is 3.00. The van der Waals surface area contributed by atoms with Gasteiger partial charge in [0.15, 0.2) is 0 Å². The SMILES string of the molecule is Cl.NCc1cnn2c1CCCC2. The van der Waals surface area contributed by atoms with Gasteiger partial charge in [-0.25, -0.2) is 0 Å². The summed E-state index contributed by atoms with van der Waals surface area (Å²) >= 11 is 0. The van der Waals surface area contributed by atoms with E-state index in [0.717, 1.165) is 13.0 Å². The van der Waals surface area contributed by atoms with Crippen LogP contribution in [-0.4, -0.2) is 9.78 Å². The third-order valence-electron chi connectivity index (χ3n) is 2.29. The first-order valence-electron chi connectivity index (χ1n) is 4.15. The number of hydrogen-bond donors (Lipinski definition) is 1. The number of aromatic nitrogens is 2. The van der Waals surface area contributed by atoms with E-state index in [9.17, 15) is 0 Å². The Bertz CT molecular complexity index is 243. The van der Waals surface area contributed by atoms with Gasteiger partial charge in [-0.1, -0.05) is 0 Å². The Morgan fingerprint density at radius 1 is 1.50 bits per heavy atom. The third kappa shape index (κ3) is 1.47. The standard InChI is InChI=1S/C8H13N3.ClH/c9-5-7-6-10-11-4-2-1-3-8(7)11;/h6H,1-5,9H2;1H. The van der Waals surface area contributed by atoms with Crippen LogP contribution in [0.15, 0.2) is 6.20 Å². The lowest BCUT2D eigenvalue weighted by atomic mass is 10.1. The zero-order valence-corrected chi connectivity index (χ0v) is 7.81. The zero-order valence-electron chi connectivity index (χ0n) is 6.99. The van der Waals surface area contributed by atoms with Crippen molar-refractivity contribution in [1.29, 1.82) is 0 Å². The highest BCUT2D eigenvalue weighted by molar-refractivity contribution is 5.85. The predicted octanol–water partition coefficient (Wildman–Crippen LogP) is 1.10. The van der Waals surface area contributed by atoms with Crippen LogP contribution in [0.1, 0.15) is 24.1 Å². The van der Waals surface area contributed by atoms with Crippen molar-refractivity contribution in [2.75, 3.05) is 0 Å². The van der Waals surface area contributed by atoms with Gasteiger partial charge in [0.05, 0.1) is 6.20 Å². The first kappa shape index (κ1) is 9.55. The summed E-state index contributed by atoms with van der Waals surface area (Å²) in [7, 11) is 0. The minimum absolute atomic E-state index is 0. The molecule has 0 unspecified atom stereocenters.